The largest absolute Gasteiger partial charge is 0.348 e. The van der Waals surface area contributed by atoms with Crippen LogP contribution in [0.4, 0.5) is 0 Å². The fourth-order valence-electron chi connectivity index (χ4n) is 2.87. The van der Waals surface area contributed by atoms with Gasteiger partial charge in [-0.3, -0.25) is 9.20 Å². The second kappa shape index (κ2) is 7.36. The number of rotatable bonds is 5. The lowest BCUT2D eigenvalue weighted by Gasteiger charge is -2.11. The first kappa shape index (κ1) is 17.5. The highest BCUT2D eigenvalue weighted by molar-refractivity contribution is 7.99. The van der Waals surface area contributed by atoms with Crippen molar-refractivity contribution in [2.45, 2.75) is 11.6 Å². The standard InChI is InChI=1S/C20H19N5OS/c1-24(2)18(26)13-27-20-23-22-19-15-10-6-7-11-16(15)21-17(25(19)20)12-14-8-4-3-5-9-14/h3-11H,12-13H2,1-2H3. The Morgan fingerprint density at radius 1 is 1.04 bits per heavy atom. The second-order valence-electron chi connectivity index (χ2n) is 6.43. The molecule has 0 spiro atoms. The molecule has 2 aromatic carbocycles. The molecule has 0 fully saturated rings. The first-order chi connectivity index (χ1) is 13.1. The van der Waals surface area contributed by atoms with Crippen molar-refractivity contribution in [2.24, 2.45) is 0 Å². The Morgan fingerprint density at radius 3 is 2.56 bits per heavy atom. The van der Waals surface area contributed by atoms with E-state index in [2.05, 4.69) is 22.3 Å². The van der Waals surface area contributed by atoms with E-state index in [1.54, 1.807) is 19.0 Å². The number of aromatic nitrogens is 4. The predicted octanol–water partition coefficient (Wildman–Crippen LogP) is 3.05. The fraction of sp³-hybridized carbons (Fsp3) is 0.200. The van der Waals surface area contributed by atoms with Gasteiger partial charge in [0.15, 0.2) is 10.8 Å². The summed E-state index contributed by atoms with van der Waals surface area (Å²) < 4.78 is 1.98. The lowest BCUT2D eigenvalue weighted by atomic mass is 10.1. The maximum absolute atomic E-state index is 12.0. The highest BCUT2D eigenvalue weighted by atomic mass is 32.2. The average molecular weight is 377 g/mol. The Hall–Kier alpha value is -2.93. The molecule has 2 heterocycles. The monoisotopic (exact) mass is 377 g/mol. The quantitative estimate of drug-likeness (QED) is 0.500. The molecule has 0 atom stereocenters. The third-order valence-electron chi connectivity index (χ3n) is 4.31. The number of thioether (sulfide) groups is 1. The summed E-state index contributed by atoms with van der Waals surface area (Å²) >= 11 is 1.38. The van der Waals surface area contributed by atoms with Gasteiger partial charge >= 0.3 is 0 Å². The van der Waals surface area contributed by atoms with Gasteiger partial charge in [0.05, 0.1) is 11.3 Å². The van der Waals surface area contributed by atoms with Gasteiger partial charge in [-0.25, -0.2) is 4.98 Å². The van der Waals surface area contributed by atoms with Gasteiger partial charge in [-0.05, 0) is 17.7 Å². The van der Waals surface area contributed by atoms with Gasteiger partial charge in [0.1, 0.15) is 5.82 Å². The molecule has 6 nitrogen and oxygen atoms in total. The Balaban J connectivity index is 1.82. The van der Waals surface area contributed by atoms with Crippen LogP contribution in [0.15, 0.2) is 59.8 Å². The molecular formula is C20H19N5OS. The van der Waals surface area contributed by atoms with Crippen molar-refractivity contribution in [3.8, 4) is 0 Å². The molecule has 2 aromatic heterocycles. The summed E-state index contributed by atoms with van der Waals surface area (Å²) in [6.45, 7) is 0. The van der Waals surface area contributed by atoms with E-state index in [0.717, 1.165) is 27.9 Å². The zero-order valence-electron chi connectivity index (χ0n) is 15.2. The van der Waals surface area contributed by atoms with Crippen LogP contribution >= 0.6 is 11.8 Å². The number of benzene rings is 2. The number of hydrogen-bond donors (Lipinski definition) is 0. The molecule has 136 valence electrons. The van der Waals surface area contributed by atoms with Gasteiger partial charge in [0.25, 0.3) is 0 Å². The predicted molar refractivity (Wildman–Crippen MR) is 107 cm³/mol. The van der Waals surface area contributed by atoms with E-state index in [-0.39, 0.29) is 5.91 Å². The Morgan fingerprint density at radius 2 is 1.78 bits per heavy atom. The lowest BCUT2D eigenvalue weighted by Crippen LogP contribution is -2.23. The smallest absolute Gasteiger partial charge is 0.232 e. The number of hydrogen-bond acceptors (Lipinski definition) is 5. The van der Waals surface area contributed by atoms with Crippen molar-refractivity contribution in [3.05, 3.63) is 66.0 Å². The van der Waals surface area contributed by atoms with Gasteiger partial charge in [-0.2, -0.15) is 0 Å². The van der Waals surface area contributed by atoms with Crippen LogP contribution in [0, 0.1) is 0 Å². The SMILES string of the molecule is CN(C)C(=O)CSc1nnc2c3ccccc3nc(Cc3ccccc3)n12. The minimum atomic E-state index is 0.0371. The first-order valence-corrected chi connectivity index (χ1v) is 9.61. The number of fused-ring (bicyclic) bond motifs is 3. The summed E-state index contributed by atoms with van der Waals surface area (Å²) in [4.78, 5) is 18.4. The number of carbonyl (C=O) groups excluding carboxylic acids is 1. The summed E-state index contributed by atoms with van der Waals surface area (Å²) in [6.07, 6.45) is 0.662. The fourth-order valence-corrected chi connectivity index (χ4v) is 3.80. The van der Waals surface area contributed by atoms with E-state index in [1.807, 2.05) is 46.9 Å². The van der Waals surface area contributed by atoms with Gasteiger partial charge in [0, 0.05) is 25.9 Å². The Bertz CT molecular complexity index is 1110. The second-order valence-corrected chi connectivity index (χ2v) is 7.37. The normalized spacial score (nSPS) is 11.2. The van der Waals surface area contributed by atoms with E-state index in [0.29, 0.717) is 17.3 Å². The van der Waals surface area contributed by atoms with Gasteiger partial charge in [-0.1, -0.05) is 54.2 Å². The summed E-state index contributed by atoms with van der Waals surface area (Å²) in [6, 6.07) is 18.1. The van der Waals surface area contributed by atoms with Crippen molar-refractivity contribution < 1.29 is 4.79 Å². The molecule has 7 heteroatoms. The van der Waals surface area contributed by atoms with Crippen LogP contribution in [-0.2, 0) is 11.2 Å². The minimum Gasteiger partial charge on any atom is -0.348 e. The zero-order chi connectivity index (χ0) is 18.8. The average Bonchev–Trinajstić information content (AvgIpc) is 3.11. The molecule has 0 N–H and O–H groups in total. The van der Waals surface area contributed by atoms with Gasteiger partial charge < -0.3 is 4.90 Å². The van der Waals surface area contributed by atoms with Crippen molar-refractivity contribution in [1.82, 2.24) is 24.5 Å². The molecule has 0 aliphatic carbocycles. The molecule has 0 saturated heterocycles. The third-order valence-corrected chi connectivity index (χ3v) is 5.23. The number of carbonyl (C=O) groups is 1. The maximum atomic E-state index is 12.0. The maximum Gasteiger partial charge on any atom is 0.232 e. The summed E-state index contributed by atoms with van der Waals surface area (Å²) in [5.41, 5.74) is 2.83. The summed E-state index contributed by atoms with van der Waals surface area (Å²) in [5.74, 6) is 1.21. The van der Waals surface area contributed by atoms with Crippen molar-refractivity contribution in [3.63, 3.8) is 0 Å². The third kappa shape index (κ3) is 3.50. The molecule has 4 rings (SSSR count). The van der Waals surface area contributed by atoms with E-state index < -0.39 is 0 Å². The summed E-state index contributed by atoms with van der Waals surface area (Å²) in [5, 5.41) is 10.4. The Kier molecular flexibility index (Phi) is 4.77. The van der Waals surface area contributed by atoms with Crippen molar-refractivity contribution >= 4 is 34.2 Å². The van der Waals surface area contributed by atoms with Crippen molar-refractivity contribution in [2.75, 3.05) is 19.8 Å². The van der Waals surface area contributed by atoms with E-state index in [4.69, 9.17) is 4.98 Å². The van der Waals surface area contributed by atoms with E-state index in [9.17, 15) is 4.79 Å². The molecule has 0 aliphatic heterocycles. The number of para-hydroxylation sites is 1. The van der Waals surface area contributed by atoms with Crippen LogP contribution in [0.2, 0.25) is 0 Å². The first-order valence-electron chi connectivity index (χ1n) is 8.63. The van der Waals surface area contributed by atoms with Crippen LogP contribution in [0.1, 0.15) is 11.4 Å². The topological polar surface area (TPSA) is 63.4 Å². The molecule has 1 amide bonds. The van der Waals surface area contributed by atoms with Crippen LogP contribution in [-0.4, -0.2) is 50.2 Å². The Labute approximate surface area is 161 Å². The van der Waals surface area contributed by atoms with Crippen LogP contribution < -0.4 is 0 Å². The highest BCUT2D eigenvalue weighted by Crippen LogP contribution is 2.25. The molecule has 0 bridgehead atoms. The minimum absolute atomic E-state index is 0.0371. The van der Waals surface area contributed by atoms with Gasteiger partial charge in [0.2, 0.25) is 5.91 Å². The molecule has 0 saturated carbocycles. The van der Waals surface area contributed by atoms with Gasteiger partial charge in [-0.15, -0.1) is 10.2 Å². The van der Waals surface area contributed by atoms with E-state index >= 15 is 0 Å². The molecular weight excluding hydrogens is 358 g/mol. The van der Waals surface area contributed by atoms with E-state index in [1.165, 1.54) is 11.8 Å². The number of nitrogens with zero attached hydrogens (tertiary/aromatic N) is 5. The zero-order valence-corrected chi connectivity index (χ0v) is 16.0. The molecule has 4 aromatic rings. The highest BCUT2D eigenvalue weighted by Gasteiger charge is 2.17. The van der Waals surface area contributed by atoms with Crippen LogP contribution in [0.25, 0.3) is 16.6 Å². The molecule has 0 unspecified atom stereocenters. The van der Waals surface area contributed by atoms with Crippen molar-refractivity contribution in [1.29, 1.82) is 0 Å². The lowest BCUT2D eigenvalue weighted by molar-refractivity contribution is -0.125. The molecule has 27 heavy (non-hydrogen) atoms. The molecule has 0 radical (unpaired) electrons. The summed E-state index contributed by atoms with van der Waals surface area (Å²) in [7, 11) is 3.50. The molecule has 0 aliphatic rings. The number of amides is 1. The van der Waals surface area contributed by atoms with Crippen LogP contribution in [0.5, 0.6) is 0 Å². The van der Waals surface area contributed by atoms with Crippen LogP contribution in [0.3, 0.4) is 0 Å².